The van der Waals surface area contributed by atoms with Crippen molar-refractivity contribution in [2.75, 3.05) is 0 Å². The van der Waals surface area contributed by atoms with Crippen LogP contribution in [0.4, 0.5) is 0 Å². The Hall–Kier alpha value is -1.93. The van der Waals surface area contributed by atoms with E-state index in [1.807, 2.05) is 37.5 Å². The third-order valence-electron chi connectivity index (χ3n) is 3.33. The molecular weight excluding hydrogens is 256 g/mol. The highest BCUT2D eigenvalue weighted by atomic mass is 35.5. The maximum absolute atomic E-state index is 6.43. The highest BCUT2D eigenvalue weighted by molar-refractivity contribution is 6.31. The molecule has 0 aliphatic carbocycles. The van der Waals surface area contributed by atoms with Crippen molar-refractivity contribution >= 4 is 11.6 Å². The number of hydrogen-bond acceptors (Lipinski definition) is 0. The molecule has 0 saturated carbocycles. The zero-order valence-electron chi connectivity index (χ0n) is 10.7. The van der Waals surface area contributed by atoms with E-state index in [-0.39, 0.29) is 5.92 Å². The maximum atomic E-state index is 6.43. The van der Waals surface area contributed by atoms with Crippen LogP contribution in [0.15, 0.2) is 54.9 Å². The van der Waals surface area contributed by atoms with Crippen molar-refractivity contribution in [3.8, 4) is 0 Å². The van der Waals surface area contributed by atoms with Crippen molar-refractivity contribution in [3.05, 3.63) is 82.4 Å². The van der Waals surface area contributed by atoms with Gasteiger partial charge in [0.15, 0.2) is 0 Å². The Labute approximate surface area is 117 Å². The van der Waals surface area contributed by atoms with Crippen LogP contribution in [0.5, 0.6) is 0 Å². The molecule has 0 fully saturated rings. The van der Waals surface area contributed by atoms with Crippen LogP contribution >= 0.6 is 11.6 Å². The fourth-order valence-corrected chi connectivity index (χ4v) is 2.76. The summed E-state index contributed by atoms with van der Waals surface area (Å²) in [6.45, 7) is 2.05. The lowest BCUT2D eigenvalue weighted by molar-refractivity contribution is 0.897. The molecule has 0 saturated heterocycles. The quantitative estimate of drug-likeness (QED) is 0.703. The minimum Gasteiger partial charge on any atom is -0.364 e. The zero-order valence-corrected chi connectivity index (χ0v) is 11.4. The molecule has 0 aliphatic heterocycles. The minimum atomic E-state index is 0.109. The van der Waals surface area contributed by atoms with E-state index in [1.54, 1.807) is 0 Å². The summed E-state index contributed by atoms with van der Waals surface area (Å²) in [5, 5.41) is 0.800. The highest BCUT2D eigenvalue weighted by Gasteiger charge is 2.20. The van der Waals surface area contributed by atoms with Crippen LogP contribution in [0.2, 0.25) is 5.02 Å². The van der Waals surface area contributed by atoms with Gasteiger partial charge in [0.2, 0.25) is 0 Å². The van der Waals surface area contributed by atoms with E-state index < -0.39 is 0 Å². The summed E-state index contributed by atoms with van der Waals surface area (Å²) in [6, 6.07) is 14.4. The molecule has 0 aliphatic rings. The van der Waals surface area contributed by atoms with E-state index in [1.165, 1.54) is 5.56 Å². The van der Waals surface area contributed by atoms with Crippen molar-refractivity contribution < 1.29 is 0 Å². The number of rotatable bonds is 3. The summed E-state index contributed by atoms with van der Waals surface area (Å²) < 4.78 is 0. The van der Waals surface area contributed by atoms with Gasteiger partial charge in [-0.15, -0.1) is 0 Å². The highest BCUT2D eigenvalue weighted by Crippen LogP contribution is 2.34. The van der Waals surface area contributed by atoms with Crippen LogP contribution in [-0.2, 0) is 0 Å². The van der Waals surface area contributed by atoms with Crippen LogP contribution < -0.4 is 0 Å². The lowest BCUT2D eigenvalue weighted by atomic mass is 9.92. The minimum absolute atomic E-state index is 0.109. The van der Waals surface area contributed by atoms with Gasteiger partial charge < -0.3 is 9.97 Å². The molecule has 3 aromatic rings. The number of halogens is 1. The lowest BCUT2D eigenvalue weighted by Gasteiger charge is -2.17. The number of nitrogens with one attached hydrogen (secondary N) is 2. The molecule has 2 N–H and O–H groups in total. The van der Waals surface area contributed by atoms with Crippen LogP contribution in [0.1, 0.15) is 28.4 Å². The van der Waals surface area contributed by atoms with E-state index in [4.69, 9.17) is 11.6 Å². The van der Waals surface area contributed by atoms with Gasteiger partial charge in [-0.3, -0.25) is 0 Å². The van der Waals surface area contributed by atoms with Crippen LogP contribution in [0.3, 0.4) is 0 Å². The Balaban J connectivity index is 2.14. The van der Waals surface area contributed by atoms with Crippen molar-refractivity contribution in [2.24, 2.45) is 0 Å². The first-order valence-electron chi connectivity index (χ1n) is 6.28. The Morgan fingerprint density at radius 2 is 1.58 bits per heavy atom. The molecule has 2 aromatic heterocycles. The monoisotopic (exact) mass is 270 g/mol. The number of aromatic nitrogens is 2. The van der Waals surface area contributed by atoms with Crippen LogP contribution in [0, 0.1) is 6.92 Å². The van der Waals surface area contributed by atoms with Gasteiger partial charge in [-0.1, -0.05) is 23.7 Å². The zero-order chi connectivity index (χ0) is 13.2. The molecule has 0 spiro atoms. The van der Waals surface area contributed by atoms with Gasteiger partial charge in [0.05, 0.1) is 5.92 Å². The van der Waals surface area contributed by atoms with Crippen LogP contribution in [-0.4, -0.2) is 9.97 Å². The molecule has 2 nitrogen and oxygen atoms in total. The molecule has 0 bridgehead atoms. The second-order valence-corrected chi connectivity index (χ2v) is 5.12. The second kappa shape index (κ2) is 4.98. The fourth-order valence-electron chi connectivity index (χ4n) is 2.42. The van der Waals surface area contributed by atoms with Crippen molar-refractivity contribution in [2.45, 2.75) is 12.8 Å². The van der Waals surface area contributed by atoms with Gasteiger partial charge in [0.1, 0.15) is 0 Å². The number of aryl methyl sites for hydroxylation is 1. The van der Waals surface area contributed by atoms with E-state index in [0.717, 1.165) is 22.0 Å². The summed E-state index contributed by atoms with van der Waals surface area (Å²) >= 11 is 6.43. The van der Waals surface area contributed by atoms with Gasteiger partial charge in [-0.2, -0.15) is 0 Å². The summed E-state index contributed by atoms with van der Waals surface area (Å²) in [5.41, 5.74) is 4.55. The molecule has 0 amide bonds. The molecule has 0 unspecified atom stereocenters. The van der Waals surface area contributed by atoms with E-state index in [2.05, 4.69) is 34.2 Å². The van der Waals surface area contributed by atoms with Crippen molar-refractivity contribution in [3.63, 3.8) is 0 Å². The Morgan fingerprint density at radius 1 is 0.947 bits per heavy atom. The molecule has 1 aromatic carbocycles. The molecule has 0 atom stereocenters. The second-order valence-electron chi connectivity index (χ2n) is 4.71. The lowest BCUT2D eigenvalue weighted by Crippen LogP contribution is -2.05. The summed E-state index contributed by atoms with van der Waals surface area (Å²) in [7, 11) is 0. The third kappa shape index (κ3) is 2.32. The largest absolute Gasteiger partial charge is 0.364 e. The SMILES string of the molecule is Cc1ccc(C(c2ccc[nH]2)c2ccc[nH]2)c(Cl)c1. The van der Waals surface area contributed by atoms with Crippen LogP contribution in [0.25, 0.3) is 0 Å². The topological polar surface area (TPSA) is 31.6 Å². The third-order valence-corrected chi connectivity index (χ3v) is 3.66. The van der Waals surface area contributed by atoms with E-state index in [0.29, 0.717) is 0 Å². The average Bonchev–Trinajstić information content (AvgIpc) is 3.06. The van der Waals surface area contributed by atoms with Gasteiger partial charge in [-0.25, -0.2) is 0 Å². The standard InChI is InChI=1S/C16H15ClN2/c1-11-6-7-12(13(17)10-11)16(14-4-2-8-18-14)15-5-3-9-19-15/h2-10,16,18-19H,1H3. The molecule has 3 heteroatoms. The van der Waals surface area contributed by atoms with Gasteiger partial charge in [0, 0.05) is 28.8 Å². The normalized spacial score (nSPS) is 11.1. The Bertz CT molecular complexity index is 620. The number of hydrogen-bond donors (Lipinski definition) is 2. The first-order chi connectivity index (χ1) is 9.25. The van der Waals surface area contributed by atoms with Gasteiger partial charge in [0.25, 0.3) is 0 Å². The predicted molar refractivity (Wildman–Crippen MR) is 78.7 cm³/mol. The summed E-state index contributed by atoms with van der Waals surface area (Å²) in [4.78, 5) is 6.57. The molecule has 96 valence electrons. The number of benzene rings is 1. The molecule has 3 rings (SSSR count). The molecule has 2 heterocycles. The van der Waals surface area contributed by atoms with E-state index >= 15 is 0 Å². The van der Waals surface area contributed by atoms with Crippen molar-refractivity contribution in [1.29, 1.82) is 0 Å². The van der Waals surface area contributed by atoms with Gasteiger partial charge >= 0.3 is 0 Å². The number of aromatic amines is 2. The van der Waals surface area contributed by atoms with Gasteiger partial charge in [-0.05, 0) is 48.4 Å². The Kier molecular flexibility index (Phi) is 3.18. The maximum Gasteiger partial charge on any atom is 0.0655 e. The molecular formula is C16H15ClN2. The first-order valence-corrected chi connectivity index (χ1v) is 6.66. The smallest absolute Gasteiger partial charge is 0.0655 e. The molecule has 0 radical (unpaired) electrons. The first kappa shape index (κ1) is 12.1. The Morgan fingerprint density at radius 3 is 2.05 bits per heavy atom. The number of H-pyrrole nitrogens is 2. The van der Waals surface area contributed by atoms with Crippen molar-refractivity contribution in [1.82, 2.24) is 9.97 Å². The molecule has 19 heavy (non-hydrogen) atoms. The summed E-state index contributed by atoms with van der Waals surface area (Å²) in [5.74, 6) is 0.109. The summed E-state index contributed by atoms with van der Waals surface area (Å²) in [6.07, 6.45) is 3.88. The van der Waals surface area contributed by atoms with E-state index in [9.17, 15) is 0 Å². The fraction of sp³-hybridized carbons (Fsp3) is 0.125. The predicted octanol–water partition coefficient (Wildman–Crippen LogP) is 4.48. The average molecular weight is 271 g/mol.